The summed E-state index contributed by atoms with van der Waals surface area (Å²) in [5.41, 5.74) is 0. The summed E-state index contributed by atoms with van der Waals surface area (Å²) in [6.07, 6.45) is 2.72. The molecule has 0 saturated heterocycles. The van der Waals surface area contributed by atoms with Gasteiger partial charge in [-0.3, -0.25) is 0 Å². The standard InChI is InChI=1S/C14H17FN2S2/c1-2-16-11(9-14-17-7-8-18-14)10-19-13-6-4-3-5-12(13)15/h3-8,11,16H,2,9-10H2,1H3. The van der Waals surface area contributed by atoms with E-state index in [0.29, 0.717) is 10.9 Å². The molecular formula is C14H17FN2S2. The summed E-state index contributed by atoms with van der Waals surface area (Å²) in [5, 5.41) is 6.55. The van der Waals surface area contributed by atoms with Crippen molar-refractivity contribution in [1.82, 2.24) is 10.3 Å². The zero-order chi connectivity index (χ0) is 13.5. The van der Waals surface area contributed by atoms with Gasteiger partial charge in [0, 0.05) is 34.7 Å². The van der Waals surface area contributed by atoms with E-state index in [4.69, 9.17) is 0 Å². The number of thioether (sulfide) groups is 1. The molecule has 5 heteroatoms. The maximum absolute atomic E-state index is 13.6. The predicted molar refractivity (Wildman–Crippen MR) is 80.4 cm³/mol. The first-order valence-corrected chi connectivity index (χ1v) is 8.15. The molecule has 102 valence electrons. The first-order valence-electron chi connectivity index (χ1n) is 6.28. The predicted octanol–water partition coefficient (Wildman–Crippen LogP) is 3.60. The molecule has 1 aromatic heterocycles. The molecule has 0 saturated carbocycles. The number of aromatic nitrogens is 1. The van der Waals surface area contributed by atoms with E-state index in [9.17, 15) is 4.39 Å². The van der Waals surface area contributed by atoms with E-state index in [2.05, 4.69) is 17.2 Å². The Labute approximate surface area is 121 Å². The molecule has 1 aromatic carbocycles. The molecule has 2 nitrogen and oxygen atoms in total. The average molecular weight is 296 g/mol. The van der Waals surface area contributed by atoms with Crippen LogP contribution in [0.4, 0.5) is 4.39 Å². The molecule has 19 heavy (non-hydrogen) atoms. The Morgan fingerprint density at radius 3 is 2.95 bits per heavy atom. The van der Waals surface area contributed by atoms with Crippen LogP contribution >= 0.6 is 23.1 Å². The molecule has 0 bridgehead atoms. The minimum Gasteiger partial charge on any atom is -0.313 e. The second-order valence-electron chi connectivity index (χ2n) is 4.13. The molecule has 0 amide bonds. The summed E-state index contributed by atoms with van der Waals surface area (Å²) < 4.78 is 13.6. The highest BCUT2D eigenvalue weighted by atomic mass is 32.2. The number of nitrogens with zero attached hydrogens (tertiary/aromatic N) is 1. The van der Waals surface area contributed by atoms with E-state index in [1.807, 2.05) is 23.7 Å². The number of rotatable bonds is 7. The van der Waals surface area contributed by atoms with Crippen molar-refractivity contribution in [2.75, 3.05) is 12.3 Å². The van der Waals surface area contributed by atoms with Crippen LogP contribution in [0.15, 0.2) is 40.7 Å². The first kappa shape index (κ1) is 14.5. The zero-order valence-corrected chi connectivity index (χ0v) is 12.4. The summed E-state index contributed by atoms with van der Waals surface area (Å²) in [5.74, 6) is 0.700. The van der Waals surface area contributed by atoms with Gasteiger partial charge in [-0.2, -0.15) is 0 Å². The number of thiazole rings is 1. The van der Waals surface area contributed by atoms with E-state index in [1.165, 1.54) is 6.07 Å². The van der Waals surface area contributed by atoms with Crippen LogP contribution in [0.5, 0.6) is 0 Å². The van der Waals surface area contributed by atoms with Crippen LogP contribution in [0.2, 0.25) is 0 Å². The molecule has 0 radical (unpaired) electrons. The van der Waals surface area contributed by atoms with Gasteiger partial charge in [0.2, 0.25) is 0 Å². The fraction of sp³-hybridized carbons (Fsp3) is 0.357. The molecule has 2 rings (SSSR count). The third-order valence-electron chi connectivity index (χ3n) is 2.67. The van der Waals surface area contributed by atoms with Gasteiger partial charge in [-0.05, 0) is 18.7 Å². The Bertz CT molecular complexity index is 488. The lowest BCUT2D eigenvalue weighted by atomic mass is 10.2. The number of hydrogen-bond acceptors (Lipinski definition) is 4. The molecular weight excluding hydrogens is 279 g/mol. The highest BCUT2D eigenvalue weighted by molar-refractivity contribution is 7.99. The van der Waals surface area contributed by atoms with E-state index in [-0.39, 0.29) is 5.82 Å². The normalized spacial score (nSPS) is 12.5. The van der Waals surface area contributed by atoms with Crippen LogP contribution in [0.3, 0.4) is 0 Å². The van der Waals surface area contributed by atoms with Gasteiger partial charge >= 0.3 is 0 Å². The molecule has 0 aliphatic carbocycles. The Kier molecular flexibility index (Phi) is 5.82. The number of benzene rings is 1. The van der Waals surface area contributed by atoms with Crippen LogP contribution in [0.1, 0.15) is 11.9 Å². The molecule has 0 spiro atoms. The van der Waals surface area contributed by atoms with Gasteiger partial charge in [-0.15, -0.1) is 23.1 Å². The maximum Gasteiger partial charge on any atom is 0.136 e. The van der Waals surface area contributed by atoms with E-state index in [0.717, 1.165) is 23.7 Å². The van der Waals surface area contributed by atoms with Gasteiger partial charge < -0.3 is 5.32 Å². The van der Waals surface area contributed by atoms with Crippen LogP contribution in [-0.2, 0) is 6.42 Å². The molecule has 1 heterocycles. The van der Waals surface area contributed by atoms with E-state index < -0.39 is 0 Å². The van der Waals surface area contributed by atoms with E-state index in [1.54, 1.807) is 29.2 Å². The van der Waals surface area contributed by atoms with Crippen LogP contribution in [0, 0.1) is 5.82 Å². The summed E-state index contributed by atoms with van der Waals surface area (Å²) in [6.45, 7) is 3.00. The van der Waals surface area contributed by atoms with Crippen molar-refractivity contribution < 1.29 is 4.39 Å². The van der Waals surface area contributed by atoms with Crippen molar-refractivity contribution in [2.24, 2.45) is 0 Å². The van der Waals surface area contributed by atoms with E-state index >= 15 is 0 Å². The SMILES string of the molecule is CCNC(CSc1ccccc1F)Cc1nccs1. The molecule has 0 fully saturated rings. The fourth-order valence-corrected chi connectivity index (χ4v) is 3.49. The largest absolute Gasteiger partial charge is 0.313 e. The number of halogens is 1. The summed E-state index contributed by atoms with van der Waals surface area (Å²) >= 11 is 3.22. The Morgan fingerprint density at radius 2 is 2.26 bits per heavy atom. The Balaban J connectivity index is 1.91. The average Bonchev–Trinajstić information content (AvgIpc) is 2.91. The number of nitrogens with one attached hydrogen (secondary N) is 1. The van der Waals surface area contributed by atoms with Crippen molar-refractivity contribution in [1.29, 1.82) is 0 Å². The van der Waals surface area contributed by atoms with Gasteiger partial charge in [-0.25, -0.2) is 9.37 Å². The third-order valence-corrected chi connectivity index (χ3v) is 4.69. The summed E-state index contributed by atoms with van der Waals surface area (Å²) in [4.78, 5) is 5.02. The molecule has 1 N–H and O–H groups in total. The Hall–Kier alpha value is -0.910. The lowest BCUT2D eigenvalue weighted by molar-refractivity contribution is 0.569. The molecule has 0 aliphatic heterocycles. The first-order chi connectivity index (χ1) is 9.29. The lowest BCUT2D eigenvalue weighted by Gasteiger charge is -2.16. The lowest BCUT2D eigenvalue weighted by Crippen LogP contribution is -2.33. The maximum atomic E-state index is 13.6. The van der Waals surface area contributed by atoms with Gasteiger partial charge in [0.15, 0.2) is 0 Å². The highest BCUT2D eigenvalue weighted by Crippen LogP contribution is 2.23. The van der Waals surface area contributed by atoms with Crippen molar-refractivity contribution in [2.45, 2.75) is 24.3 Å². The van der Waals surface area contributed by atoms with Gasteiger partial charge in [0.05, 0.1) is 5.01 Å². The molecule has 1 atom stereocenters. The molecule has 1 unspecified atom stereocenters. The number of likely N-dealkylation sites (N-methyl/N-ethyl adjacent to an activating group) is 1. The number of hydrogen-bond donors (Lipinski definition) is 1. The van der Waals surface area contributed by atoms with Crippen molar-refractivity contribution >= 4 is 23.1 Å². The summed E-state index contributed by atoms with van der Waals surface area (Å²) in [7, 11) is 0. The monoisotopic (exact) mass is 296 g/mol. The fourth-order valence-electron chi connectivity index (χ4n) is 1.80. The van der Waals surface area contributed by atoms with Crippen LogP contribution in [-0.4, -0.2) is 23.3 Å². The second kappa shape index (κ2) is 7.62. The smallest absolute Gasteiger partial charge is 0.136 e. The van der Waals surface area contributed by atoms with Crippen LogP contribution < -0.4 is 5.32 Å². The summed E-state index contributed by atoms with van der Waals surface area (Å²) in [6, 6.07) is 7.24. The third kappa shape index (κ3) is 4.60. The van der Waals surface area contributed by atoms with Crippen molar-refractivity contribution in [3.63, 3.8) is 0 Å². The van der Waals surface area contributed by atoms with Crippen molar-refractivity contribution in [3.05, 3.63) is 46.7 Å². The minimum atomic E-state index is -0.142. The highest BCUT2D eigenvalue weighted by Gasteiger charge is 2.12. The Morgan fingerprint density at radius 1 is 1.42 bits per heavy atom. The van der Waals surface area contributed by atoms with Gasteiger partial charge in [-0.1, -0.05) is 19.1 Å². The minimum absolute atomic E-state index is 0.142. The van der Waals surface area contributed by atoms with Gasteiger partial charge in [0.1, 0.15) is 5.82 Å². The quantitative estimate of drug-likeness (QED) is 0.790. The zero-order valence-electron chi connectivity index (χ0n) is 10.8. The van der Waals surface area contributed by atoms with Crippen molar-refractivity contribution in [3.8, 4) is 0 Å². The molecule has 0 aliphatic rings. The topological polar surface area (TPSA) is 24.9 Å². The van der Waals surface area contributed by atoms with Crippen LogP contribution in [0.25, 0.3) is 0 Å². The van der Waals surface area contributed by atoms with Gasteiger partial charge in [0.25, 0.3) is 0 Å². The molecule has 2 aromatic rings. The second-order valence-corrected chi connectivity index (χ2v) is 6.17.